The van der Waals surface area contributed by atoms with Gasteiger partial charge in [-0.1, -0.05) is 18.2 Å². The second-order valence-electron chi connectivity index (χ2n) is 3.64. The fourth-order valence-corrected chi connectivity index (χ4v) is 1.39. The number of urea groups is 1. The Bertz CT molecular complexity index is 623. The maximum Gasteiger partial charge on any atom is 0.323 e. The zero-order valence-corrected chi connectivity index (χ0v) is 9.75. The molecule has 1 aromatic heterocycles. The topological polar surface area (TPSA) is 54.0 Å². The lowest BCUT2D eigenvalue weighted by Gasteiger charge is -2.09. The Labute approximate surface area is 110 Å². The lowest BCUT2D eigenvalue weighted by atomic mass is 10.3. The summed E-state index contributed by atoms with van der Waals surface area (Å²) in [5, 5.41) is 3.92. The Hall–Kier alpha value is -2.64. The third-order valence-electron chi connectivity index (χ3n) is 2.27. The maximum atomic E-state index is 13.3. The van der Waals surface area contributed by atoms with E-state index in [2.05, 4.69) is 10.3 Å². The van der Waals surface area contributed by atoms with Gasteiger partial charge in [-0.25, -0.2) is 4.79 Å². The van der Waals surface area contributed by atoms with Gasteiger partial charge in [-0.05, 0) is 12.1 Å². The van der Waals surface area contributed by atoms with Crippen LogP contribution in [0, 0.1) is 23.5 Å². The van der Waals surface area contributed by atoms with E-state index in [1.807, 2.05) is 0 Å². The number of amides is 2. The third-order valence-corrected chi connectivity index (χ3v) is 2.27. The van der Waals surface area contributed by atoms with Crippen molar-refractivity contribution in [3.05, 3.63) is 53.9 Å². The minimum Gasteiger partial charge on any atom is -0.308 e. The van der Waals surface area contributed by atoms with E-state index in [4.69, 9.17) is 0 Å². The van der Waals surface area contributed by atoms with Crippen molar-refractivity contribution in [3.8, 4) is 0 Å². The van der Waals surface area contributed by atoms with Crippen molar-refractivity contribution in [1.82, 2.24) is 4.98 Å². The smallest absolute Gasteiger partial charge is 0.308 e. The normalized spacial score (nSPS) is 10.2. The number of carbonyl (C=O) groups excluding carboxylic acids is 1. The lowest BCUT2D eigenvalue weighted by Crippen LogP contribution is -2.22. The number of carbonyl (C=O) groups is 1. The van der Waals surface area contributed by atoms with Gasteiger partial charge in [0.2, 0.25) is 11.6 Å². The molecule has 1 aromatic carbocycles. The number of nitrogens with one attached hydrogen (secondary N) is 2. The van der Waals surface area contributed by atoms with Crippen LogP contribution in [0.15, 0.2) is 30.3 Å². The van der Waals surface area contributed by atoms with Crippen molar-refractivity contribution in [3.63, 3.8) is 0 Å². The Kier molecular flexibility index (Phi) is 3.83. The van der Waals surface area contributed by atoms with Gasteiger partial charge in [-0.2, -0.15) is 22.5 Å². The van der Waals surface area contributed by atoms with Gasteiger partial charge in [0.1, 0.15) is 5.69 Å². The highest BCUT2D eigenvalue weighted by atomic mass is 19.2. The quantitative estimate of drug-likeness (QED) is 0.657. The van der Waals surface area contributed by atoms with E-state index in [0.717, 1.165) is 0 Å². The molecule has 1 heterocycles. The summed E-state index contributed by atoms with van der Waals surface area (Å²) >= 11 is 0. The highest BCUT2D eigenvalue weighted by Gasteiger charge is 2.22. The Morgan fingerprint density at radius 2 is 1.45 bits per heavy atom. The van der Waals surface area contributed by atoms with Crippen molar-refractivity contribution in [2.24, 2.45) is 0 Å². The second kappa shape index (κ2) is 5.55. The summed E-state index contributed by atoms with van der Waals surface area (Å²) < 4.78 is 52.2. The number of para-hydroxylation sites is 1. The van der Waals surface area contributed by atoms with Gasteiger partial charge in [-0.15, -0.1) is 0 Å². The molecule has 0 aliphatic carbocycles. The molecule has 0 spiro atoms. The van der Waals surface area contributed by atoms with Crippen molar-refractivity contribution < 1.29 is 22.4 Å². The minimum absolute atomic E-state index is 0.334. The molecule has 0 atom stereocenters. The largest absolute Gasteiger partial charge is 0.323 e. The molecule has 20 heavy (non-hydrogen) atoms. The minimum atomic E-state index is -1.85. The molecule has 2 amide bonds. The first-order chi connectivity index (χ1) is 9.49. The molecule has 2 rings (SSSR count). The van der Waals surface area contributed by atoms with Crippen LogP contribution in [-0.4, -0.2) is 11.0 Å². The summed E-state index contributed by atoms with van der Waals surface area (Å²) in [6, 6.07) is 6.89. The van der Waals surface area contributed by atoms with Crippen LogP contribution < -0.4 is 10.6 Å². The van der Waals surface area contributed by atoms with Gasteiger partial charge in [0.05, 0.1) is 0 Å². The summed E-state index contributed by atoms with van der Waals surface area (Å²) in [6.07, 6.45) is 0. The zero-order valence-electron chi connectivity index (χ0n) is 9.75. The van der Waals surface area contributed by atoms with Gasteiger partial charge in [0.15, 0.2) is 0 Å². The second-order valence-corrected chi connectivity index (χ2v) is 3.64. The molecule has 104 valence electrons. The first kappa shape index (κ1) is 13.8. The van der Waals surface area contributed by atoms with Crippen LogP contribution in [0.2, 0.25) is 0 Å². The molecular weight excluding hydrogens is 278 g/mol. The van der Waals surface area contributed by atoms with Crippen molar-refractivity contribution in [1.29, 1.82) is 0 Å². The molecule has 0 aliphatic heterocycles. The van der Waals surface area contributed by atoms with E-state index in [1.54, 1.807) is 23.5 Å². The molecule has 0 fully saturated rings. The highest BCUT2D eigenvalue weighted by molar-refractivity contribution is 5.99. The summed E-state index contributed by atoms with van der Waals surface area (Å²) in [7, 11) is 0. The highest BCUT2D eigenvalue weighted by Crippen LogP contribution is 2.22. The van der Waals surface area contributed by atoms with E-state index in [9.17, 15) is 22.4 Å². The van der Waals surface area contributed by atoms with Crippen LogP contribution in [0.5, 0.6) is 0 Å². The molecule has 0 unspecified atom stereocenters. The standard InChI is InChI=1S/C12H7F4N3O/c13-7-9(8(14)11(16)19-10(7)15)18-12(20)17-6-4-2-1-3-5-6/h1-5H,(H2,17,18,19,20). The van der Waals surface area contributed by atoms with Gasteiger partial charge < -0.3 is 10.6 Å². The SMILES string of the molecule is O=C(Nc1ccccc1)Nc1c(F)c(F)nc(F)c1F. The average molecular weight is 285 g/mol. The predicted molar refractivity (Wildman–Crippen MR) is 63.2 cm³/mol. The van der Waals surface area contributed by atoms with Crippen molar-refractivity contribution in [2.45, 2.75) is 0 Å². The van der Waals surface area contributed by atoms with Crippen molar-refractivity contribution >= 4 is 17.4 Å². The summed E-state index contributed by atoms with van der Waals surface area (Å²) in [5.41, 5.74) is -0.913. The molecule has 0 aliphatic rings. The summed E-state index contributed by atoms with van der Waals surface area (Å²) in [4.78, 5) is 13.9. The Balaban J connectivity index is 2.20. The van der Waals surface area contributed by atoms with E-state index >= 15 is 0 Å². The fourth-order valence-electron chi connectivity index (χ4n) is 1.39. The molecule has 0 saturated carbocycles. The molecule has 0 radical (unpaired) electrons. The predicted octanol–water partition coefficient (Wildman–Crippen LogP) is 3.28. The van der Waals surface area contributed by atoms with Crippen LogP contribution >= 0.6 is 0 Å². The first-order valence-electron chi connectivity index (χ1n) is 5.32. The zero-order chi connectivity index (χ0) is 14.7. The van der Waals surface area contributed by atoms with Crippen molar-refractivity contribution in [2.75, 3.05) is 10.6 Å². The maximum absolute atomic E-state index is 13.3. The van der Waals surface area contributed by atoms with Crippen LogP contribution in [0.4, 0.5) is 33.7 Å². The molecule has 4 nitrogen and oxygen atoms in total. The molecule has 0 saturated heterocycles. The first-order valence-corrected chi connectivity index (χ1v) is 5.32. The molecule has 2 aromatic rings. The number of anilines is 2. The number of rotatable bonds is 2. The van der Waals surface area contributed by atoms with Gasteiger partial charge in [0.25, 0.3) is 11.9 Å². The van der Waals surface area contributed by atoms with Crippen LogP contribution in [0.3, 0.4) is 0 Å². The average Bonchev–Trinajstić information content (AvgIpc) is 2.42. The molecule has 0 bridgehead atoms. The van der Waals surface area contributed by atoms with E-state index in [0.29, 0.717) is 5.69 Å². The molecule has 2 N–H and O–H groups in total. The van der Waals surface area contributed by atoms with E-state index < -0.39 is 35.2 Å². The van der Waals surface area contributed by atoms with Gasteiger partial charge in [0, 0.05) is 5.69 Å². The Morgan fingerprint density at radius 1 is 0.900 bits per heavy atom. The van der Waals surface area contributed by atoms with E-state index in [-0.39, 0.29) is 0 Å². The monoisotopic (exact) mass is 285 g/mol. The van der Waals surface area contributed by atoms with Crippen LogP contribution in [0.25, 0.3) is 0 Å². The number of pyridine rings is 1. The molecular formula is C12H7F4N3O. The third kappa shape index (κ3) is 2.85. The number of aromatic nitrogens is 1. The number of nitrogens with zero attached hydrogens (tertiary/aromatic N) is 1. The summed E-state index contributed by atoms with van der Waals surface area (Å²) in [5.74, 6) is -7.27. The number of halogens is 4. The van der Waals surface area contributed by atoms with Gasteiger partial charge in [-0.3, -0.25) is 0 Å². The number of hydrogen-bond donors (Lipinski definition) is 2. The number of benzene rings is 1. The lowest BCUT2D eigenvalue weighted by molar-refractivity contribution is 0.261. The molecule has 8 heteroatoms. The van der Waals surface area contributed by atoms with Gasteiger partial charge >= 0.3 is 6.03 Å². The number of hydrogen-bond acceptors (Lipinski definition) is 2. The summed E-state index contributed by atoms with van der Waals surface area (Å²) in [6.45, 7) is 0. The fraction of sp³-hybridized carbons (Fsp3) is 0. The van der Waals surface area contributed by atoms with Crippen LogP contribution in [-0.2, 0) is 0 Å². The van der Waals surface area contributed by atoms with E-state index in [1.165, 1.54) is 12.1 Å². The Morgan fingerprint density at radius 3 is 2.00 bits per heavy atom. The van der Waals surface area contributed by atoms with Crippen LogP contribution in [0.1, 0.15) is 0 Å².